The Morgan fingerprint density at radius 3 is 2.79 bits per heavy atom. The van der Waals surface area contributed by atoms with E-state index < -0.39 is 23.5 Å². The molecule has 3 aliphatic rings. The minimum atomic E-state index is -2.71. The van der Waals surface area contributed by atoms with E-state index in [4.69, 9.17) is 26.1 Å². The number of ether oxygens (including phenoxy) is 2. The van der Waals surface area contributed by atoms with Crippen LogP contribution < -0.4 is 5.32 Å². The minimum absolute atomic E-state index is 0.0626. The molecule has 0 radical (unpaired) electrons. The third kappa shape index (κ3) is 5.60. The second-order valence-corrected chi connectivity index (χ2v) is 11.3. The van der Waals surface area contributed by atoms with Gasteiger partial charge in [0.1, 0.15) is 16.6 Å². The van der Waals surface area contributed by atoms with Crippen LogP contribution in [0.25, 0.3) is 0 Å². The number of amides is 2. The molecule has 0 saturated carbocycles. The van der Waals surface area contributed by atoms with Crippen molar-refractivity contribution < 1.29 is 27.8 Å². The number of hydrogen-bond acceptors (Lipinski definition) is 8. The number of imide groups is 1. The molecule has 2 aromatic heterocycles. The van der Waals surface area contributed by atoms with Gasteiger partial charge in [0, 0.05) is 37.6 Å². The molecule has 2 amide bonds. The zero-order valence-corrected chi connectivity index (χ0v) is 22.3. The van der Waals surface area contributed by atoms with E-state index in [1.165, 1.54) is 6.20 Å². The molecule has 3 aliphatic heterocycles. The number of carbonyl (C=O) groups is 2. The van der Waals surface area contributed by atoms with Crippen LogP contribution in [-0.2, 0) is 22.6 Å². The van der Waals surface area contributed by atoms with E-state index in [1.54, 1.807) is 31.7 Å². The third-order valence-electron chi connectivity index (χ3n) is 6.78. The molecule has 1 atom stereocenters. The number of hydrogen-bond donors (Lipinski definition) is 1. The first kappa shape index (κ1) is 26.7. The number of alkyl halides is 2. The number of fused-ring (bicyclic) bond motifs is 1. The van der Waals surface area contributed by atoms with Crippen LogP contribution in [0.1, 0.15) is 66.7 Å². The Labute approximate surface area is 224 Å². The summed E-state index contributed by atoms with van der Waals surface area (Å²) in [6, 6.07) is 3.71. The fourth-order valence-corrected chi connectivity index (χ4v) is 5.20. The van der Waals surface area contributed by atoms with Crippen molar-refractivity contribution in [2.45, 2.75) is 64.1 Å². The maximum atomic E-state index is 13.9. The van der Waals surface area contributed by atoms with Gasteiger partial charge in [0.2, 0.25) is 0 Å². The van der Waals surface area contributed by atoms with Gasteiger partial charge in [-0.25, -0.2) is 28.4 Å². The highest BCUT2D eigenvalue weighted by molar-refractivity contribution is 6.31. The Hall–Kier alpha value is -2.89. The summed E-state index contributed by atoms with van der Waals surface area (Å²) in [6.45, 7) is 6.54. The second kappa shape index (κ2) is 10.0. The molecule has 9 nitrogen and oxygen atoms in total. The maximum Gasteiger partial charge on any atom is 0.417 e. The van der Waals surface area contributed by atoms with Gasteiger partial charge in [-0.1, -0.05) is 17.7 Å². The van der Waals surface area contributed by atoms with E-state index >= 15 is 0 Å². The van der Waals surface area contributed by atoms with Gasteiger partial charge in [-0.3, -0.25) is 9.69 Å². The molecule has 2 aromatic rings. The highest BCUT2D eigenvalue weighted by Gasteiger charge is 2.40. The van der Waals surface area contributed by atoms with Crippen LogP contribution in [-0.4, -0.2) is 69.6 Å². The van der Waals surface area contributed by atoms with Crippen molar-refractivity contribution in [2.75, 3.05) is 31.6 Å². The van der Waals surface area contributed by atoms with Gasteiger partial charge in [0.15, 0.2) is 0 Å². The average Bonchev–Trinajstić information content (AvgIpc) is 3.55. The van der Waals surface area contributed by atoms with Gasteiger partial charge in [0.25, 0.3) is 11.8 Å². The van der Waals surface area contributed by atoms with Crippen molar-refractivity contribution in [2.24, 2.45) is 0 Å². The van der Waals surface area contributed by atoms with Gasteiger partial charge in [-0.05, 0) is 38.8 Å². The summed E-state index contributed by atoms with van der Waals surface area (Å²) in [7, 11) is 0. The third-order valence-corrected chi connectivity index (χ3v) is 7.11. The van der Waals surface area contributed by atoms with E-state index in [9.17, 15) is 18.4 Å². The van der Waals surface area contributed by atoms with Gasteiger partial charge in [-0.2, -0.15) is 0 Å². The predicted molar refractivity (Wildman–Crippen MR) is 136 cm³/mol. The lowest BCUT2D eigenvalue weighted by Crippen LogP contribution is -2.37. The Morgan fingerprint density at radius 1 is 1.34 bits per heavy atom. The van der Waals surface area contributed by atoms with Crippen molar-refractivity contribution in [1.29, 1.82) is 0 Å². The minimum Gasteiger partial charge on any atom is -0.443 e. The summed E-state index contributed by atoms with van der Waals surface area (Å²) in [5.74, 6) is -2.70. The Kier molecular flexibility index (Phi) is 7.04. The monoisotopic (exact) mass is 549 g/mol. The SMILES string of the molecule is CC(C)(C)OC(=O)N1Cc2c(Cl)ncc(Nc3ccc(C4CCOC4)c(CN4CCC(F)(F)C4)n3)c2C1=O. The van der Waals surface area contributed by atoms with Crippen molar-refractivity contribution in [3.63, 3.8) is 0 Å². The largest absolute Gasteiger partial charge is 0.443 e. The summed E-state index contributed by atoms with van der Waals surface area (Å²) in [6.07, 6.45) is 1.30. The van der Waals surface area contributed by atoms with E-state index in [0.717, 1.165) is 16.9 Å². The van der Waals surface area contributed by atoms with Gasteiger partial charge < -0.3 is 14.8 Å². The Morgan fingerprint density at radius 2 is 2.13 bits per heavy atom. The molecule has 204 valence electrons. The van der Waals surface area contributed by atoms with Gasteiger partial charge in [0.05, 0.1) is 42.8 Å². The molecule has 38 heavy (non-hydrogen) atoms. The lowest BCUT2D eigenvalue weighted by atomic mass is 9.96. The topological polar surface area (TPSA) is 96.9 Å². The molecule has 2 fully saturated rings. The van der Waals surface area contributed by atoms with Crippen LogP contribution in [0.3, 0.4) is 0 Å². The molecule has 0 aromatic carbocycles. The number of halogens is 3. The summed E-state index contributed by atoms with van der Waals surface area (Å²) < 4.78 is 38.6. The molecular formula is C26H30ClF2N5O4. The Bertz CT molecular complexity index is 1260. The van der Waals surface area contributed by atoms with Crippen molar-refractivity contribution >= 4 is 35.1 Å². The lowest BCUT2D eigenvalue weighted by molar-refractivity contribution is 0.0113. The van der Waals surface area contributed by atoms with Gasteiger partial charge >= 0.3 is 6.09 Å². The molecule has 0 spiro atoms. The highest BCUT2D eigenvalue weighted by atomic mass is 35.5. The summed E-state index contributed by atoms with van der Waals surface area (Å²) in [5, 5.41) is 3.26. The summed E-state index contributed by atoms with van der Waals surface area (Å²) in [4.78, 5) is 37.6. The number of carbonyl (C=O) groups excluding carboxylic acids is 2. The van der Waals surface area contributed by atoms with E-state index in [0.29, 0.717) is 36.0 Å². The molecule has 5 heterocycles. The van der Waals surface area contributed by atoms with Crippen LogP contribution in [0, 0.1) is 0 Å². The molecule has 0 aliphatic carbocycles. The average molecular weight is 550 g/mol. The standard InChI is InChI=1S/C26H30ClF2N5O4/c1-25(2,3)38-24(36)34-11-17-21(23(34)35)18(10-30-22(17)27)31-20-5-4-16(15-6-9-37-13-15)19(32-20)12-33-8-7-26(28,29)14-33/h4-5,10,15H,6-9,11-14H2,1-3H3,(H,31,32). The molecular weight excluding hydrogens is 520 g/mol. The fraction of sp³-hybridized carbons (Fsp3) is 0.538. The van der Waals surface area contributed by atoms with E-state index in [-0.39, 0.29) is 49.2 Å². The van der Waals surface area contributed by atoms with Crippen LogP contribution in [0.5, 0.6) is 0 Å². The van der Waals surface area contributed by atoms with Crippen LogP contribution in [0.15, 0.2) is 18.3 Å². The first-order chi connectivity index (χ1) is 17.9. The van der Waals surface area contributed by atoms with Crippen LogP contribution in [0.2, 0.25) is 5.15 Å². The predicted octanol–water partition coefficient (Wildman–Crippen LogP) is 5.11. The molecule has 12 heteroatoms. The van der Waals surface area contributed by atoms with E-state index in [1.807, 2.05) is 6.07 Å². The quantitative estimate of drug-likeness (QED) is 0.514. The molecule has 2 saturated heterocycles. The lowest BCUT2D eigenvalue weighted by Gasteiger charge is -2.23. The van der Waals surface area contributed by atoms with Crippen molar-refractivity contribution in [1.82, 2.24) is 19.8 Å². The Balaban J connectivity index is 1.43. The number of aromatic nitrogens is 2. The van der Waals surface area contributed by atoms with E-state index in [2.05, 4.69) is 10.3 Å². The second-order valence-electron chi connectivity index (χ2n) is 10.9. The molecule has 1 unspecified atom stereocenters. The highest BCUT2D eigenvalue weighted by Crippen LogP contribution is 2.36. The first-order valence-electron chi connectivity index (χ1n) is 12.6. The number of nitrogens with zero attached hydrogens (tertiary/aromatic N) is 4. The maximum absolute atomic E-state index is 13.9. The van der Waals surface area contributed by atoms with Crippen LogP contribution in [0.4, 0.5) is 25.1 Å². The molecule has 0 bridgehead atoms. The molecule has 1 N–H and O–H groups in total. The fourth-order valence-electron chi connectivity index (χ4n) is 4.99. The number of anilines is 2. The van der Waals surface area contributed by atoms with Crippen molar-refractivity contribution in [3.05, 3.63) is 45.9 Å². The summed E-state index contributed by atoms with van der Waals surface area (Å²) >= 11 is 6.29. The normalized spacial score (nSPS) is 21.2. The zero-order chi connectivity index (χ0) is 27.2. The first-order valence-corrected chi connectivity index (χ1v) is 12.9. The number of pyridine rings is 2. The smallest absolute Gasteiger partial charge is 0.417 e. The zero-order valence-electron chi connectivity index (χ0n) is 21.5. The van der Waals surface area contributed by atoms with Crippen molar-refractivity contribution in [3.8, 4) is 0 Å². The number of nitrogens with one attached hydrogen (secondary N) is 1. The number of likely N-dealkylation sites (tertiary alicyclic amines) is 1. The van der Waals surface area contributed by atoms with Crippen LogP contribution >= 0.6 is 11.6 Å². The summed E-state index contributed by atoms with van der Waals surface area (Å²) in [5.41, 5.74) is 1.83. The molecule has 5 rings (SSSR count). The number of rotatable bonds is 5. The van der Waals surface area contributed by atoms with Gasteiger partial charge in [-0.15, -0.1) is 0 Å².